The maximum Gasteiger partial charge on any atom is 0.255 e. The Balaban J connectivity index is 2.14. The van der Waals surface area contributed by atoms with Crippen LogP contribution in [-0.2, 0) is 0 Å². The molecule has 0 bridgehead atoms. The van der Waals surface area contributed by atoms with Crippen LogP contribution >= 0.6 is 0 Å². The van der Waals surface area contributed by atoms with E-state index in [-0.39, 0.29) is 5.91 Å². The van der Waals surface area contributed by atoms with E-state index < -0.39 is 0 Å². The predicted octanol–water partition coefficient (Wildman–Crippen LogP) is 6.24. The normalized spacial score (nSPS) is 10.8. The van der Waals surface area contributed by atoms with E-state index in [4.69, 9.17) is 10.5 Å². The summed E-state index contributed by atoms with van der Waals surface area (Å²) in [7, 11) is 0. The van der Waals surface area contributed by atoms with Gasteiger partial charge in [-0.1, -0.05) is 89.7 Å². The highest BCUT2D eigenvalue weighted by molar-refractivity contribution is 5.96. The Labute approximate surface area is 179 Å². The third-order valence-corrected chi connectivity index (χ3v) is 5.30. The summed E-state index contributed by atoms with van der Waals surface area (Å²) in [4.78, 5) is 12.4. The van der Waals surface area contributed by atoms with Crippen LogP contribution in [0.4, 0.5) is 0 Å². The van der Waals surface area contributed by atoms with Crippen LogP contribution in [0.1, 0.15) is 107 Å². The van der Waals surface area contributed by atoms with E-state index in [2.05, 4.69) is 12.2 Å². The van der Waals surface area contributed by atoms with E-state index in [1.165, 1.54) is 57.8 Å². The van der Waals surface area contributed by atoms with Crippen LogP contribution < -0.4 is 15.8 Å². The first-order valence-corrected chi connectivity index (χ1v) is 12.0. The minimum Gasteiger partial charge on any atom is -0.493 e. The molecule has 0 aliphatic rings. The van der Waals surface area contributed by atoms with Crippen molar-refractivity contribution in [1.82, 2.24) is 5.32 Å². The molecule has 1 amide bonds. The SMILES string of the molecule is CCCCCCCCCCCCOc1ccccc1C(=O)NCCCCCCN. The van der Waals surface area contributed by atoms with Gasteiger partial charge in [0.05, 0.1) is 12.2 Å². The summed E-state index contributed by atoms with van der Waals surface area (Å²) in [6.07, 6.45) is 17.4. The van der Waals surface area contributed by atoms with Crippen molar-refractivity contribution in [3.8, 4) is 5.75 Å². The first-order chi connectivity index (χ1) is 14.3. The molecule has 0 aromatic heterocycles. The van der Waals surface area contributed by atoms with E-state index in [1.807, 2.05) is 24.3 Å². The Morgan fingerprint density at radius 3 is 2.10 bits per heavy atom. The van der Waals surface area contributed by atoms with Crippen LogP contribution in [0.5, 0.6) is 5.75 Å². The van der Waals surface area contributed by atoms with Gasteiger partial charge in [0.2, 0.25) is 0 Å². The highest BCUT2D eigenvalue weighted by atomic mass is 16.5. The predicted molar refractivity (Wildman–Crippen MR) is 124 cm³/mol. The van der Waals surface area contributed by atoms with Gasteiger partial charge in [0.15, 0.2) is 0 Å². The number of carbonyl (C=O) groups excluding carboxylic acids is 1. The second kappa shape index (κ2) is 18.5. The van der Waals surface area contributed by atoms with E-state index >= 15 is 0 Å². The summed E-state index contributed by atoms with van der Waals surface area (Å²) < 4.78 is 5.91. The number of ether oxygens (including phenoxy) is 1. The van der Waals surface area contributed by atoms with Crippen molar-refractivity contribution >= 4 is 5.91 Å². The number of unbranched alkanes of at least 4 members (excludes halogenated alkanes) is 12. The van der Waals surface area contributed by atoms with Crippen molar-refractivity contribution < 1.29 is 9.53 Å². The lowest BCUT2D eigenvalue weighted by atomic mass is 10.1. The molecule has 4 heteroatoms. The third-order valence-electron chi connectivity index (χ3n) is 5.30. The van der Waals surface area contributed by atoms with Gasteiger partial charge in [-0.15, -0.1) is 0 Å². The number of benzene rings is 1. The van der Waals surface area contributed by atoms with Crippen molar-refractivity contribution in [3.63, 3.8) is 0 Å². The quantitative estimate of drug-likeness (QED) is 0.268. The number of carbonyl (C=O) groups is 1. The average molecular weight is 405 g/mol. The number of amides is 1. The molecular weight excluding hydrogens is 360 g/mol. The minimum atomic E-state index is -0.0394. The van der Waals surface area contributed by atoms with E-state index in [9.17, 15) is 4.79 Å². The lowest BCUT2D eigenvalue weighted by Crippen LogP contribution is -2.25. The molecule has 166 valence electrons. The highest BCUT2D eigenvalue weighted by Crippen LogP contribution is 2.19. The summed E-state index contributed by atoms with van der Waals surface area (Å²) in [5.74, 6) is 0.659. The van der Waals surface area contributed by atoms with Gasteiger partial charge in [0, 0.05) is 6.54 Å². The number of rotatable bonds is 19. The molecule has 0 saturated carbocycles. The topological polar surface area (TPSA) is 64.3 Å². The molecule has 1 rings (SSSR count). The number of nitrogens with two attached hydrogens (primary N) is 1. The van der Waals surface area contributed by atoms with E-state index in [1.54, 1.807) is 0 Å². The van der Waals surface area contributed by atoms with Crippen LogP contribution in [0, 0.1) is 0 Å². The maximum atomic E-state index is 12.4. The zero-order valence-electron chi connectivity index (χ0n) is 18.7. The zero-order chi connectivity index (χ0) is 21.0. The molecule has 0 heterocycles. The molecule has 3 N–H and O–H groups in total. The smallest absolute Gasteiger partial charge is 0.255 e. The van der Waals surface area contributed by atoms with E-state index in [0.717, 1.165) is 38.6 Å². The molecule has 0 aliphatic heterocycles. The number of nitrogens with one attached hydrogen (secondary N) is 1. The Kier molecular flexibility index (Phi) is 16.2. The summed E-state index contributed by atoms with van der Waals surface area (Å²) in [6.45, 7) is 4.39. The largest absolute Gasteiger partial charge is 0.493 e. The van der Waals surface area contributed by atoms with Gasteiger partial charge in [-0.3, -0.25) is 4.79 Å². The molecule has 0 unspecified atom stereocenters. The molecular formula is C25H44N2O2. The van der Waals surface area contributed by atoms with Crippen LogP contribution in [0.15, 0.2) is 24.3 Å². The second-order valence-corrected chi connectivity index (χ2v) is 7.99. The van der Waals surface area contributed by atoms with Gasteiger partial charge in [-0.25, -0.2) is 0 Å². The Hall–Kier alpha value is -1.55. The molecule has 0 aliphatic carbocycles. The van der Waals surface area contributed by atoms with Crippen LogP contribution in [0.2, 0.25) is 0 Å². The highest BCUT2D eigenvalue weighted by Gasteiger charge is 2.11. The first kappa shape index (κ1) is 25.5. The fourth-order valence-electron chi connectivity index (χ4n) is 3.47. The average Bonchev–Trinajstić information content (AvgIpc) is 2.74. The summed E-state index contributed by atoms with van der Waals surface area (Å²) in [5.41, 5.74) is 6.14. The zero-order valence-corrected chi connectivity index (χ0v) is 18.7. The van der Waals surface area contributed by atoms with Crippen LogP contribution in [0.25, 0.3) is 0 Å². The maximum absolute atomic E-state index is 12.4. The Morgan fingerprint density at radius 2 is 1.41 bits per heavy atom. The van der Waals surface area contributed by atoms with Gasteiger partial charge in [-0.2, -0.15) is 0 Å². The molecule has 0 radical (unpaired) electrons. The molecule has 0 spiro atoms. The Morgan fingerprint density at radius 1 is 0.828 bits per heavy atom. The lowest BCUT2D eigenvalue weighted by molar-refractivity contribution is 0.0948. The van der Waals surface area contributed by atoms with Gasteiger partial charge < -0.3 is 15.8 Å². The molecule has 4 nitrogen and oxygen atoms in total. The van der Waals surface area contributed by atoms with Gasteiger partial charge >= 0.3 is 0 Å². The number of para-hydroxylation sites is 1. The fourth-order valence-corrected chi connectivity index (χ4v) is 3.47. The van der Waals surface area contributed by atoms with Gasteiger partial charge in [0.25, 0.3) is 5.91 Å². The fraction of sp³-hybridized carbons (Fsp3) is 0.720. The van der Waals surface area contributed by atoms with Crippen molar-refractivity contribution in [2.75, 3.05) is 19.7 Å². The van der Waals surface area contributed by atoms with Crippen molar-refractivity contribution in [3.05, 3.63) is 29.8 Å². The Bertz CT molecular complexity index is 519. The van der Waals surface area contributed by atoms with Gasteiger partial charge in [-0.05, 0) is 37.9 Å². The number of hydrogen-bond acceptors (Lipinski definition) is 3. The minimum absolute atomic E-state index is 0.0394. The third kappa shape index (κ3) is 13.3. The van der Waals surface area contributed by atoms with E-state index in [0.29, 0.717) is 24.5 Å². The molecule has 0 fully saturated rings. The molecule has 1 aromatic rings. The number of hydrogen-bond donors (Lipinski definition) is 2. The lowest BCUT2D eigenvalue weighted by Gasteiger charge is -2.12. The molecule has 1 aromatic carbocycles. The summed E-state index contributed by atoms with van der Waals surface area (Å²) >= 11 is 0. The molecule has 29 heavy (non-hydrogen) atoms. The van der Waals surface area contributed by atoms with Crippen LogP contribution in [0.3, 0.4) is 0 Å². The summed E-state index contributed by atoms with van der Waals surface area (Å²) in [5, 5.41) is 3.01. The first-order valence-electron chi connectivity index (χ1n) is 12.0. The standard InChI is InChI=1S/C25H44N2O2/c1-2-3-4-5-6-7-8-9-12-17-22-29-24-19-14-13-18-23(24)25(28)27-21-16-11-10-15-20-26/h13-14,18-19H,2-12,15-17,20-22,26H2,1H3,(H,27,28). The molecule has 0 atom stereocenters. The van der Waals surface area contributed by atoms with Gasteiger partial charge in [0.1, 0.15) is 5.75 Å². The monoisotopic (exact) mass is 404 g/mol. The van der Waals surface area contributed by atoms with Crippen molar-refractivity contribution in [2.45, 2.75) is 96.8 Å². The second-order valence-electron chi connectivity index (χ2n) is 7.99. The summed E-state index contributed by atoms with van der Waals surface area (Å²) in [6, 6.07) is 7.56. The molecule has 0 saturated heterocycles. The van der Waals surface area contributed by atoms with Crippen molar-refractivity contribution in [1.29, 1.82) is 0 Å². The van der Waals surface area contributed by atoms with Crippen molar-refractivity contribution in [2.24, 2.45) is 5.73 Å². The van der Waals surface area contributed by atoms with Crippen LogP contribution in [-0.4, -0.2) is 25.6 Å².